The van der Waals surface area contributed by atoms with Gasteiger partial charge in [-0.3, -0.25) is 0 Å². The van der Waals surface area contributed by atoms with Crippen LogP contribution in [0.4, 0.5) is 0 Å². The van der Waals surface area contributed by atoms with Crippen molar-refractivity contribution in [2.45, 2.75) is 51.0 Å². The molecule has 0 radical (unpaired) electrons. The second kappa shape index (κ2) is 3.14. The number of rotatable bonds is 0. The minimum atomic E-state index is 0.0613. The molecule has 0 saturated heterocycles. The summed E-state index contributed by atoms with van der Waals surface area (Å²) < 4.78 is 0. The monoisotopic (exact) mass is 154 g/mol. The molecule has 2 rings (SSSR count). The predicted molar refractivity (Wildman–Crippen MR) is 45.3 cm³/mol. The molecule has 2 fully saturated rings. The quantitative estimate of drug-likeness (QED) is 0.568. The topological polar surface area (TPSA) is 20.2 Å². The Hall–Kier alpha value is -0.0400. The minimum Gasteiger partial charge on any atom is -0.393 e. The Kier molecular flexibility index (Phi) is 2.17. The molecule has 0 spiro atoms. The normalized spacial score (nSPS) is 45.0. The Balaban J connectivity index is 2.06. The van der Waals surface area contributed by atoms with Crippen LogP contribution in [0, 0.1) is 11.8 Å². The molecule has 1 nitrogen and oxygen atoms in total. The highest BCUT2D eigenvalue weighted by molar-refractivity contribution is 4.84. The van der Waals surface area contributed by atoms with Gasteiger partial charge in [0.25, 0.3) is 0 Å². The van der Waals surface area contributed by atoms with Gasteiger partial charge in [-0.15, -0.1) is 0 Å². The van der Waals surface area contributed by atoms with Gasteiger partial charge in [-0.1, -0.05) is 19.3 Å². The van der Waals surface area contributed by atoms with Crippen molar-refractivity contribution in [3.63, 3.8) is 0 Å². The molecule has 0 aromatic carbocycles. The molecule has 0 aromatic heterocycles. The lowest BCUT2D eigenvalue weighted by molar-refractivity contribution is 0.0206. The molecule has 2 unspecified atom stereocenters. The molecule has 0 aromatic rings. The molecule has 2 aliphatic rings. The number of aliphatic hydroxyl groups excluding tert-OH is 1. The first-order chi connectivity index (χ1) is 5.38. The van der Waals surface area contributed by atoms with E-state index in [2.05, 4.69) is 0 Å². The van der Waals surface area contributed by atoms with Crippen LogP contribution in [0.25, 0.3) is 0 Å². The van der Waals surface area contributed by atoms with Gasteiger partial charge in [0, 0.05) is 0 Å². The molecular formula is C10H18O. The van der Waals surface area contributed by atoms with E-state index in [9.17, 15) is 5.11 Å². The van der Waals surface area contributed by atoms with Crippen molar-refractivity contribution >= 4 is 0 Å². The zero-order valence-corrected chi connectivity index (χ0v) is 7.13. The molecule has 11 heavy (non-hydrogen) atoms. The van der Waals surface area contributed by atoms with Crippen LogP contribution in [0.1, 0.15) is 44.9 Å². The second-order valence-electron chi connectivity index (χ2n) is 4.23. The van der Waals surface area contributed by atoms with Crippen LogP contribution in [0.2, 0.25) is 0 Å². The maximum absolute atomic E-state index is 9.87. The summed E-state index contributed by atoms with van der Waals surface area (Å²) in [5.74, 6) is 1.33. The highest BCUT2D eigenvalue weighted by Crippen LogP contribution is 2.38. The van der Waals surface area contributed by atoms with Gasteiger partial charge >= 0.3 is 0 Å². The van der Waals surface area contributed by atoms with Gasteiger partial charge in [0.1, 0.15) is 0 Å². The van der Waals surface area contributed by atoms with E-state index in [1.807, 2.05) is 0 Å². The summed E-state index contributed by atoms with van der Waals surface area (Å²) in [5, 5.41) is 9.87. The van der Waals surface area contributed by atoms with Crippen molar-refractivity contribution in [1.82, 2.24) is 0 Å². The Morgan fingerprint density at radius 2 is 1.18 bits per heavy atom. The molecule has 0 aliphatic heterocycles. The first-order valence-corrected chi connectivity index (χ1v) is 5.06. The van der Waals surface area contributed by atoms with Gasteiger partial charge < -0.3 is 5.11 Å². The third-order valence-corrected chi connectivity index (χ3v) is 3.52. The number of fused-ring (bicyclic) bond motifs is 2. The second-order valence-corrected chi connectivity index (χ2v) is 4.23. The van der Waals surface area contributed by atoms with Crippen LogP contribution < -0.4 is 0 Å². The highest BCUT2D eigenvalue weighted by atomic mass is 16.3. The molecule has 1 N–H and O–H groups in total. The number of hydrogen-bond acceptors (Lipinski definition) is 1. The fourth-order valence-corrected chi connectivity index (χ4v) is 2.81. The van der Waals surface area contributed by atoms with Crippen molar-refractivity contribution in [1.29, 1.82) is 0 Å². The maximum atomic E-state index is 9.87. The summed E-state index contributed by atoms with van der Waals surface area (Å²) in [6, 6.07) is 0. The molecule has 1 heteroatoms. The standard InChI is InChI=1S/C10H18O/c11-10-8-4-1-2-5-9(10)7-3-6-8/h8-11H,1-7H2. The van der Waals surface area contributed by atoms with E-state index in [1.54, 1.807) is 0 Å². The molecule has 2 saturated carbocycles. The van der Waals surface area contributed by atoms with Crippen LogP contribution >= 0.6 is 0 Å². The zero-order valence-electron chi connectivity index (χ0n) is 7.13. The summed E-state index contributed by atoms with van der Waals surface area (Å²) in [7, 11) is 0. The molecule has 64 valence electrons. The van der Waals surface area contributed by atoms with Gasteiger partial charge in [0.05, 0.1) is 6.10 Å². The van der Waals surface area contributed by atoms with Crippen LogP contribution in [-0.4, -0.2) is 11.2 Å². The van der Waals surface area contributed by atoms with Crippen molar-refractivity contribution in [2.24, 2.45) is 11.8 Å². The van der Waals surface area contributed by atoms with Crippen molar-refractivity contribution in [3.05, 3.63) is 0 Å². The molecule has 0 heterocycles. The summed E-state index contributed by atoms with van der Waals surface area (Å²) >= 11 is 0. The van der Waals surface area contributed by atoms with E-state index >= 15 is 0 Å². The maximum Gasteiger partial charge on any atom is 0.0596 e. The van der Waals surface area contributed by atoms with Crippen LogP contribution in [0.15, 0.2) is 0 Å². The lowest BCUT2D eigenvalue weighted by atomic mass is 9.78. The highest BCUT2D eigenvalue weighted by Gasteiger charge is 2.32. The van der Waals surface area contributed by atoms with E-state index in [-0.39, 0.29) is 6.10 Å². The van der Waals surface area contributed by atoms with E-state index in [1.165, 1.54) is 44.9 Å². The average molecular weight is 154 g/mol. The van der Waals surface area contributed by atoms with Crippen molar-refractivity contribution in [2.75, 3.05) is 0 Å². The summed E-state index contributed by atoms with van der Waals surface area (Å²) in [6.07, 6.45) is 9.30. The molecule has 2 atom stereocenters. The predicted octanol–water partition coefficient (Wildman–Crippen LogP) is 2.34. The van der Waals surface area contributed by atoms with Gasteiger partial charge in [0.2, 0.25) is 0 Å². The van der Waals surface area contributed by atoms with Crippen LogP contribution in [0.3, 0.4) is 0 Å². The van der Waals surface area contributed by atoms with Gasteiger partial charge in [-0.05, 0) is 37.5 Å². The molecule has 2 bridgehead atoms. The Bertz CT molecular complexity index is 119. The van der Waals surface area contributed by atoms with Crippen LogP contribution in [0.5, 0.6) is 0 Å². The first-order valence-electron chi connectivity index (χ1n) is 5.06. The third kappa shape index (κ3) is 1.44. The Morgan fingerprint density at radius 3 is 1.73 bits per heavy atom. The smallest absolute Gasteiger partial charge is 0.0596 e. The molecular weight excluding hydrogens is 136 g/mol. The lowest BCUT2D eigenvalue weighted by Gasteiger charge is -2.32. The number of aliphatic hydroxyl groups is 1. The Morgan fingerprint density at radius 1 is 0.727 bits per heavy atom. The Labute approximate surface area is 68.8 Å². The summed E-state index contributed by atoms with van der Waals surface area (Å²) in [5.41, 5.74) is 0. The third-order valence-electron chi connectivity index (χ3n) is 3.52. The van der Waals surface area contributed by atoms with Gasteiger partial charge in [-0.25, -0.2) is 0 Å². The summed E-state index contributed by atoms with van der Waals surface area (Å²) in [6.45, 7) is 0. The SMILES string of the molecule is OC1C2CCCCC1CCC2. The lowest BCUT2D eigenvalue weighted by Crippen LogP contribution is -2.31. The van der Waals surface area contributed by atoms with E-state index < -0.39 is 0 Å². The first kappa shape index (κ1) is 7.60. The van der Waals surface area contributed by atoms with Gasteiger partial charge in [-0.2, -0.15) is 0 Å². The molecule has 2 aliphatic carbocycles. The minimum absolute atomic E-state index is 0.0613. The fourth-order valence-electron chi connectivity index (χ4n) is 2.81. The van der Waals surface area contributed by atoms with Crippen molar-refractivity contribution in [3.8, 4) is 0 Å². The van der Waals surface area contributed by atoms with Crippen LogP contribution in [-0.2, 0) is 0 Å². The average Bonchev–Trinajstić information content (AvgIpc) is 2.17. The largest absolute Gasteiger partial charge is 0.393 e. The molecule has 0 amide bonds. The zero-order chi connectivity index (χ0) is 7.68. The fraction of sp³-hybridized carbons (Fsp3) is 1.00. The summed E-state index contributed by atoms with van der Waals surface area (Å²) in [4.78, 5) is 0. The van der Waals surface area contributed by atoms with Crippen molar-refractivity contribution < 1.29 is 5.11 Å². The number of hydrogen-bond donors (Lipinski definition) is 1. The van der Waals surface area contributed by atoms with E-state index in [0.29, 0.717) is 11.8 Å². The van der Waals surface area contributed by atoms with E-state index in [0.717, 1.165) is 0 Å². The van der Waals surface area contributed by atoms with E-state index in [4.69, 9.17) is 0 Å². The van der Waals surface area contributed by atoms with Gasteiger partial charge in [0.15, 0.2) is 0 Å².